The summed E-state index contributed by atoms with van der Waals surface area (Å²) in [7, 11) is -9.93. The van der Waals surface area contributed by atoms with E-state index in [1.54, 1.807) is 6.07 Å². The summed E-state index contributed by atoms with van der Waals surface area (Å²) < 4.78 is 55.6. The molecule has 5 rings (SSSR count). The first-order valence-corrected chi connectivity index (χ1v) is 13.9. The first-order chi connectivity index (χ1) is 18.0. The lowest BCUT2D eigenvalue weighted by Gasteiger charge is -2.24. The maximum Gasteiger partial charge on any atom is 0.277 e. The highest BCUT2D eigenvalue weighted by molar-refractivity contribution is 8.10. The number of fused-ring (bicyclic) bond motifs is 3. The number of benzene rings is 4. The van der Waals surface area contributed by atoms with Crippen molar-refractivity contribution in [3.05, 3.63) is 122 Å². The zero-order chi connectivity index (χ0) is 27.2. The Kier molecular flexibility index (Phi) is 5.96. The molecule has 0 fully saturated rings. The Morgan fingerprint density at radius 1 is 0.605 bits per heavy atom. The van der Waals surface area contributed by atoms with Gasteiger partial charge < -0.3 is 0 Å². The van der Waals surface area contributed by atoms with Crippen molar-refractivity contribution in [2.45, 2.75) is 16.2 Å². The number of nitro groups is 2. The molecule has 0 bridgehead atoms. The van der Waals surface area contributed by atoms with Crippen molar-refractivity contribution < 1.29 is 26.7 Å². The minimum absolute atomic E-state index is 0.168. The first kappa shape index (κ1) is 25.0. The van der Waals surface area contributed by atoms with E-state index < -0.39 is 51.1 Å². The third-order valence-electron chi connectivity index (χ3n) is 6.08. The largest absolute Gasteiger partial charge is 0.277 e. The summed E-state index contributed by atoms with van der Waals surface area (Å²) in [6.45, 7) is 0. The summed E-state index contributed by atoms with van der Waals surface area (Å²) in [5.41, 5.74) is 2.06. The molecule has 192 valence electrons. The van der Waals surface area contributed by atoms with E-state index in [0.29, 0.717) is 12.0 Å². The van der Waals surface area contributed by atoms with E-state index in [9.17, 15) is 37.1 Å². The van der Waals surface area contributed by atoms with Crippen LogP contribution in [0, 0.1) is 20.2 Å². The van der Waals surface area contributed by atoms with Gasteiger partial charge in [-0.2, -0.15) is 3.71 Å². The van der Waals surface area contributed by atoms with Crippen LogP contribution in [0.4, 0.5) is 17.1 Å². The monoisotopic (exact) mass is 551 g/mol. The predicted octanol–water partition coefficient (Wildman–Crippen LogP) is 4.66. The fourth-order valence-corrected chi connectivity index (χ4v) is 8.11. The maximum atomic E-state index is 13.9. The number of hydrogen-bond acceptors (Lipinski definition) is 8. The smallest absolute Gasteiger partial charge is 0.258 e. The average Bonchev–Trinajstić information content (AvgIpc) is 3.26. The molecule has 38 heavy (non-hydrogen) atoms. The van der Waals surface area contributed by atoms with Crippen LogP contribution in [0.2, 0.25) is 0 Å². The molecule has 0 spiro atoms. The summed E-state index contributed by atoms with van der Waals surface area (Å²) >= 11 is 0. The van der Waals surface area contributed by atoms with Gasteiger partial charge in [0.05, 0.1) is 25.3 Å². The second-order valence-corrected chi connectivity index (χ2v) is 12.2. The zero-order valence-corrected chi connectivity index (χ0v) is 20.9. The van der Waals surface area contributed by atoms with Gasteiger partial charge in [0.15, 0.2) is 0 Å². The van der Waals surface area contributed by atoms with Gasteiger partial charge in [-0.05, 0) is 52.9 Å². The highest BCUT2D eigenvalue weighted by Crippen LogP contribution is 2.40. The Hall–Kier alpha value is -4.62. The normalized spacial score (nSPS) is 12.4. The lowest BCUT2D eigenvalue weighted by Crippen LogP contribution is -2.37. The highest BCUT2D eigenvalue weighted by Gasteiger charge is 2.39. The molecular formula is C25H17N3O8S2. The van der Waals surface area contributed by atoms with E-state index in [2.05, 4.69) is 0 Å². The first-order valence-electron chi connectivity index (χ1n) is 11.0. The summed E-state index contributed by atoms with van der Waals surface area (Å²) in [5.74, 6) is 0. The second-order valence-electron chi connectivity index (χ2n) is 8.39. The number of hydrogen-bond donors (Lipinski definition) is 0. The van der Waals surface area contributed by atoms with E-state index in [0.717, 1.165) is 65.2 Å². The molecule has 0 N–H and O–H groups in total. The number of nitro benzene ring substituents is 2. The maximum absolute atomic E-state index is 13.9. The topological polar surface area (TPSA) is 158 Å². The van der Waals surface area contributed by atoms with Gasteiger partial charge in [0.2, 0.25) is 0 Å². The molecule has 0 unspecified atom stereocenters. The SMILES string of the molecule is O=[N+]([O-])c1cccc(S(=O)(=O)N(c2ccc3c(c2)Cc2ccccc2-3)S(=O)(=O)c2cccc([N+](=O)[O-])c2)c1. The molecule has 0 amide bonds. The van der Waals surface area contributed by atoms with Crippen molar-refractivity contribution in [3.63, 3.8) is 0 Å². The lowest BCUT2D eigenvalue weighted by atomic mass is 10.1. The number of anilines is 1. The van der Waals surface area contributed by atoms with Crippen molar-refractivity contribution in [3.8, 4) is 11.1 Å². The van der Waals surface area contributed by atoms with Gasteiger partial charge in [-0.15, -0.1) is 0 Å². The van der Waals surface area contributed by atoms with Crippen molar-refractivity contribution in [2.24, 2.45) is 0 Å². The minimum Gasteiger partial charge on any atom is -0.258 e. The van der Waals surface area contributed by atoms with Crippen molar-refractivity contribution in [2.75, 3.05) is 3.71 Å². The third-order valence-corrected chi connectivity index (χ3v) is 10.2. The molecule has 0 atom stereocenters. The molecule has 4 aromatic carbocycles. The van der Waals surface area contributed by atoms with Gasteiger partial charge in [-0.1, -0.05) is 42.5 Å². The summed E-state index contributed by atoms with van der Waals surface area (Å²) in [6.07, 6.45) is 0.431. The van der Waals surface area contributed by atoms with Gasteiger partial charge >= 0.3 is 0 Å². The van der Waals surface area contributed by atoms with Crippen molar-refractivity contribution in [1.29, 1.82) is 0 Å². The quantitative estimate of drug-likeness (QED) is 0.209. The standard InChI is InChI=1S/C25H17N3O8S2/c29-26(30)19-6-3-8-22(15-19)37(33,34)28(38(35,36)23-9-4-7-20(16-23)27(31)32)21-11-12-25-18(14-21)13-17-5-1-2-10-24(17)25/h1-12,14-16H,13H2. The molecule has 0 radical (unpaired) electrons. The third kappa shape index (κ3) is 4.17. The molecular weight excluding hydrogens is 534 g/mol. The van der Waals surface area contributed by atoms with Crippen LogP contribution in [-0.4, -0.2) is 26.7 Å². The van der Waals surface area contributed by atoms with Crippen LogP contribution in [0.5, 0.6) is 0 Å². The minimum atomic E-state index is -4.96. The second kappa shape index (κ2) is 9.04. The van der Waals surface area contributed by atoms with Crippen molar-refractivity contribution in [1.82, 2.24) is 0 Å². The van der Waals surface area contributed by atoms with E-state index >= 15 is 0 Å². The van der Waals surface area contributed by atoms with Gasteiger partial charge in [0, 0.05) is 24.3 Å². The fraction of sp³-hybridized carbons (Fsp3) is 0.0400. The van der Waals surface area contributed by atoms with E-state index in [-0.39, 0.29) is 9.40 Å². The molecule has 0 heterocycles. The molecule has 0 saturated heterocycles. The zero-order valence-electron chi connectivity index (χ0n) is 19.3. The Labute approximate surface area is 217 Å². The van der Waals surface area contributed by atoms with Crippen LogP contribution in [0.3, 0.4) is 0 Å². The van der Waals surface area contributed by atoms with Crippen LogP contribution in [0.25, 0.3) is 11.1 Å². The molecule has 0 aromatic heterocycles. The van der Waals surface area contributed by atoms with Gasteiger partial charge in [0.25, 0.3) is 31.4 Å². The number of sulfonamides is 2. The van der Waals surface area contributed by atoms with Crippen molar-refractivity contribution >= 4 is 37.1 Å². The van der Waals surface area contributed by atoms with Crippen LogP contribution >= 0.6 is 0 Å². The summed E-state index contributed by atoms with van der Waals surface area (Å²) in [5, 5.41) is 22.6. The Bertz CT molecular complexity index is 1770. The number of non-ortho nitro benzene ring substituents is 2. The molecule has 0 aliphatic heterocycles. The predicted molar refractivity (Wildman–Crippen MR) is 138 cm³/mol. The molecule has 1 aliphatic rings. The lowest BCUT2D eigenvalue weighted by molar-refractivity contribution is -0.385. The van der Waals surface area contributed by atoms with Gasteiger partial charge in [-0.25, -0.2) is 16.8 Å². The Balaban J connectivity index is 1.73. The molecule has 0 saturated carbocycles. The average molecular weight is 552 g/mol. The number of nitrogens with zero attached hydrogens (tertiary/aromatic N) is 3. The summed E-state index contributed by atoms with van der Waals surface area (Å²) in [4.78, 5) is 19.7. The van der Waals surface area contributed by atoms with Gasteiger partial charge in [0.1, 0.15) is 0 Å². The van der Waals surface area contributed by atoms with E-state index in [1.807, 2.05) is 24.3 Å². The van der Waals surface area contributed by atoms with Crippen LogP contribution in [0.15, 0.2) is 101 Å². The summed E-state index contributed by atoms with van der Waals surface area (Å²) in [6, 6.07) is 19.9. The fourth-order valence-electron chi connectivity index (χ4n) is 4.36. The number of rotatable bonds is 7. The Morgan fingerprint density at radius 2 is 1.13 bits per heavy atom. The van der Waals surface area contributed by atoms with Crippen LogP contribution in [0.1, 0.15) is 11.1 Å². The molecule has 1 aliphatic carbocycles. The van der Waals surface area contributed by atoms with Crippen LogP contribution < -0.4 is 3.71 Å². The van der Waals surface area contributed by atoms with Gasteiger partial charge in [-0.3, -0.25) is 20.2 Å². The molecule has 13 heteroatoms. The Morgan fingerprint density at radius 3 is 1.68 bits per heavy atom. The molecule has 11 nitrogen and oxygen atoms in total. The molecule has 4 aromatic rings. The van der Waals surface area contributed by atoms with E-state index in [4.69, 9.17) is 0 Å². The van der Waals surface area contributed by atoms with Crippen LogP contribution in [-0.2, 0) is 26.5 Å². The highest BCUT2D eigenvalue weighted by atomic mass is 32.3. The van der Waals surface area contributed by atoms with E-state index in [1.165, 1.54) is 12.1 Å².